The van der Waals surface area contributed by atoms with Crippen molar-refractivity contribution in [1.29, 1.82) is 0 Å². The molecule has 1 atom stereocenters. The van der Waals surface area contributed by atoms with Crippen LogP contribution in [0, 0.1) is 6.92 Å². The van der Waals surface area contributed by atoms with E-state index < -0.39 is 12.7 Å². The summed E-state index contributed by atoms with van der Waals surface area (Å²) in [5, 5.41) is 4.24. The third kappa shape index (κ3) is 4.57. The summed E-state index contributed by atoms with van der Waals surface area (Å²) in [6.45, 7) is 3.82. The van der Waals surface area contributed by atoms with Gasteiger partial charge in [0.25, 0.3) is 0 Å². The first-order valence-corrected chi connectivity index (χ1v) is 7.79. The van der Waals surface area contributed by atoms with Crippen molar-refractivity contribution >= 4 is 0 Å². The van der Waals surface area contributed by atoms with Gasteiger partial charge in [-0.05, 0) is 12.5 Å². The third-order valence-corrected chi connectivity index (χ3v) is 3.89. The standard InChI is InChI=1S/C15H20F3N5O/c1-12-6-20-23(7-12)9-13-8-21(4-5-24-13)10-14-19-2-3-22(14)11-15(16,17)18/h2-3,6-7,13H,4-5,8-11H2,1H3/t13-/m1/s1. The van der Waals surface area contributed by atoms with Crippen LogP contribution in [0.15, 0.2) is 24.8 Å². The van der Waals surface area contributed by atoms with Gasteiger partial charge in [-0.2, -0.15) is 18.3 Å². The number of aryl methyl sites for hydroxylation is 1. The zero-order chi connectivity index (χ0) is 17.2. The topological polar surface area (TPSA) is 48.1 Å². The first kappa shape index (κ1) is 17.0. The number of alkyl halides is 3. The van der Waals surface area contributed by atoms with Crippen LogP contribution in [0.4, 0.5) is 13.2 Å². The maximum absolute atomic E-state index is 12.6. The molecule has 1 aliphatic heterocycles. The Morgan fingerprint density at radius 2 is 2.21 bits per heavy atom. The van der Waals surface area contributed by atoms with Crippen LogP contribution in [0.1, 0.15) is 11.4 Å². The van der Waals surface area contributed by atoms with Crippen molar-refractivity contribution < 1.29 is 17.9 Å². The molecule has 2 aromatic rings. The highest BCUT2D eigenvalue weighted by Crippen LogP contribution is 2.19. The lowest BCUT2D eigenvalue weighted by atomic mass is 10.2. The minimum absolute atomic E-state index is 0.0379. The zero-order valence-electron chi connectivity index (χ0n) is 13.4. The molecular formula is C15H20F3N5O. The molecule has 1 aliphatic rings. The third-order valence-electron chi connectivity index (χ3n) is 3.89. The molecule has 0 N–H and O–H groups in total. The molecular weight excluding hydrogens is 323 g/mol. The molecule has 0 bridgehead atoms. The van der Waals surface area contributed by atoms with E-state index >= 15 is 0 Å². The SMILES string of the molecule is Cc1cnn(C[C@H]2CN(Cc3nccn3CC(F)(F)F)CCO2)c1. The number of ether oxygens (including phenoxy) is 1. The molecule has 3 heterocycles. The van der Waals surface area contributed by atoms with Gasteiger partial charge < -0.3 is 9.30 Å². The van der Waals surface area contributed by atoms with E-state index in [-0.39, 0.29) is 6.10 Å². The van der Waals surface area contributed by atoms with E-state index in [0.29, 0.717) is 38.6 Å². The molecule has 9 heteroatoms. The quantitative estimate of drug-likeness (QED) is 0.831. The van der Waals surface area contributed by atoms with Gasteiger partial charge in [-0.25, -0.2) is 4.98 Å². The van der Waals surface area contributed by atoms with Crippen LogP contribution >= 0.6 is 0 Å². The van der Waals surface area contributed by atoms with Crippen molar-refractivity contribution in [2.75, 3.05) is 19.7 Å². The average Bonchev–Trinajstić information content (AvgIpc) is 3.07. The number of halogens is 3. The molecule has 0 aliphatic carbocycles. The number of hydrogen-bond acceptors (Lipinski definition) is 4. The highest BCUT2D eigenvalue weighted by Gasteiger charge is 2.29. The van der Waals surface area contributed by atoms with Crippen LogP contribution in [-0.4, -0.2) is 56.2 Å². The molecule has 2 aromatic heterocycles. The van der Waals surface area contributed by atoms with E-state index in [0.717, 1.165) is 10.1 Å². The molecule has 0 unspecified atom stereocenters. The second kappa shape index (κ2) is 6.94. The van der Waals surface area contributed by atoms with E-state index in [2.05, 4.69) is 15.0 Å². The van der Waals surface area contributed by atoms with Crippen molar-refractivity contribution in [1.82, 2.24) is 24.2 Å². The van der Waals surface area contributed by atoms with Gasteiger partial charge in [0.1, 0.15) is 12.4 Å². The maximum Gasteiger partial charge on any atom is 0.406 e. The van der Waals surface area contributed by atoms with E-state index in [9.17, 15) is 13.2 Å². The fourth-order valence-corrected chi connectivity index (χ4v) is 2.84. The van der Waals surface area contributed by atoms with Gasteiger partial charge in [0, 0.05) is 31.7 Å². The fraction of sp³-hybridized carbons (Fsp3) is 0.600. The van der Waals surface area contributed by atoms with Crippen LogP contribution in [-0.2, 0) is 24.4 Å². The first-order valence-electron chi connectivity index (χ1n) is 7.79. The Kier molecular flexibility index (Phi) is 4.91. The molecule has 1 fully saturated rings. The Labute approximate surface area is 137 Å². The summed E-state index contributed by atoms with van der Waals surface area (Å²) in [5.74, 6) is 0.419. The van der Waals surface area contributed by atoms with Crippen LogP contribution in [0.3, 0.4) is 0 Å². The number of imidazole rings is 1. The largest absolute Gasteiger partial charge is 0.406 e. The van der Waals surface area contributed by atoms with Crippen molar-refractivity contribution in [2.24, 2.45) is 0 Å². The fourth-order valence-electron chi connectivity index (χ4n) is 2.84. The zero-order valence-corrected chi connectivity index (χ0v) is 13.4. The van der Waals surface area contributed by atoms with Gasteiger partial charge in [-0.3, -0.25) is 9.58 Å². The summed E-state index contributed by atoms with van der Waals surface area (Å²) >= 11 is 0. The molecule has 132 valence electrons. The highest BCUT2D eigenvalue weighted by atomic mass is 19.4. The van der Waals surface area contributed by atoms with Crippen LogP contribution in [0.25, 0.3) is 0 Å². The lowest BCUT2D eigenvalue weighted by Crippen LogP contribution is -2.44. The van der Waals surface area contributed by atoms with Crippen LogP contribution in [0.2, 0.25) is 0 Å². The van der Waals surface area contributed by atoms with Crippen molar-refractivity contribution in [2.45, 2.75) is 38.8 Å². The van der Waals surface area contributed by atoms with Gasteiger partial charge >= 0.3 is 6.18 Å². The minimum Gasteiger partial charge on any atom is -0.374 e. The molecule has 6 nitrogen and oxygen atoms in total. The predicted molar refractivity (Wildman–Crippen MR) is 80.3 cm³/mol. The Morgan fingerprint density at radius 1 is 1.38 bits per heavy atom. The monoisotopic (exact) mass is 343 g/mol. The number of rotatable bonds is 5. The lowest BCUT2D eigenvalue weighted by molar-refractivity contribution is -0.141. The van der Waals surface area contributed by atoms with E-state index in [4.69, 9.17) is 4.74 Å². The predicted octanol–water partition coefficient (Wildman–Crippen LogP) is 1.85. The molecule has 0 spiro atoms. The van der Waals surface area contributed by atoms with Crippen LogP contribution < -0.4 is 0 Å². The summed E-state index contributed by atoms with van der Waals surface area (Å²) in [6.07, 6.45) is 2.22. The van der Waals surface area contributed by atoms with Gasteiger partial charge in [0.2, 0.25) is 0 Å². The molecule has 0 saturated carbocycles. The molecule has 3 rings (SSSR count). The van der Waals surface area contributed by atoms with Crippen molar-refractivity contribution in [3.05, 3.63) is 36.2 Å². The summed E-state index contributed by atoms with van der Waals surface area (Å²) in [4.78, 5) is 6.14. The highest BCUT2D eigenvalue weighted by molar-refractivity contribution is 4.99. The normalized spacial score (nSPS) is 19.8. The number of nitrogens with zero attached hydrogens (tertiary/aromatic N) is 5. The van der Waals surface area contributed by atoms with E-state index in [1.165, 1.54) is 12.4 Å². The van der Waals surface area contributed by atoms with E-state index in [1.54, 1.807) is 6.20 Å². The van der Waals surface area contributed by atoms with E-state index in [1.807, 2.05) is 17.8 Å². The number of hydrogen-bond donors (Lipinski definition) is 0. The van der Waals surface area contributed by atoms with Crippen molar-refractivity contribution in [3.8, 4) is 0 Å². The summed E-state index contributed by atoms with van der Waals surface area (Å²) in [6, 6.07) is 0. The molecule has 0 radical (unpaired) electrons. The molecule has 0 amide bonds. The van der Waals surface area contributed by atoms with Gasteiger partial charge in [0.05, 0.1) is 32.0 Å². The first-order chi connectivity index (χ1) is 11.4. The van der Waals surface area contributed by atoms with Crippen molar-refractivity contribution in [3.63, 3.8) is 0 Å². The molecule has 24 heavy (non-hydrogen) atoms. The Balaban J connectivity index is 1.58. The summed E-state index contributed by atoms with van der Waals surface area (Å²) in [5.41, 5.74) is 1.08. The number of morpholine rings is 1. The summed E-state index contributed by atoms with van der Waals surface area (Å²) in [7, 11) is 0. The Morgan fingerprint density at radius 3 is 2.92 bits per heavy atom. The maximum atomic E-state index is 12.6. The second-order valence-electron chi connectivity index (χ2n) is 6.05. The van der Waals surface area contributed by atoms with Crippen LogP contribution in [0.5, 0.6) is 0 Å². The molecule has 0 aromatic carbocycles. The van der Waals surface area contributed by atoms with Gasteiger partial charge in [0.15, 0.2) is 0 Å². The second-order valence-corrected chi connectivity index (χ2v) is 6.05. The minimum atomic E-state index is -4.25. The smallest absolute Gasteiger partial charge is 0.374 e. The Hall–Kier alpha value is -1.87. The molecule has 1 saturated heterocycles. The van der Waals surface area contributed by atoms with Gasteiger partial charge in [-0.1, -0.05) is 0 Å². The lowest BCUT2D eigenvalue weighted by Gasteiger charge is -2.32. The summed E-state index contributed by atoms with van der Waals surface area (Å²) < 4.78 is 46.5. The number of aromatic nitrogens is 4. The van der Waals surface area contributed by atoms with Gasteiger partial charge in [-0.15, -0.1) is 0 Å². The Bertz CT molecular complexity index is 666. The average molecular weight is 343 g/mol.